The summed E-state index contributed by atoms with van der Waals surface area (Å²) in [5.41, 5.74) is 1.01. The third-order valence-corrected chi connectivity index (χ3v) is 3.15. The minimum atomic E-state index is -0.286. The molecule has 0 radical (unpaired) electrons. The lowest BCUT2D eigenvalue weighted by Gasteiger charge is -1.97. The summed E-state index contributed by atoms with van der Waals surface area (Å²) in [6.07, 6.45) is 1.75. The zero-order valence-electron chi connectivity index (χ0n) is 11.3. The molecule has 0 aliphatic rings. The SMILES string of the molecule is CC(=O)Oc1ccccc1.Clc1ccc2[nH]cc(Cl)c2c1. The number of hydrogen-bond donors (Lipinski definition) is 1. The van der Waals surface area contributed by atoms with Gasteiger partial charge in [-0.2, -0.15) is 0 Å². The summed E-state index contributed by atoms with van der Waals surface area (Å²) < 4.78 is 4.78. The first-order valence-electron chi connectivity index (χ1n) is 6.22. The summed E-state index contributed by atoms with van der Waals surface area (Å²) in [6, 6.07) is 14.6. The summed E-state index contributed by atoms with van der Waals surface area (Å²) >= 11 is 11.6. The highest BCUT2D eigenvalue weighted by Gasteiger charge is 2.00. The average Bonchev–Trinajstić information content (AvgIpc) is 2.81. The van der Waals surface area contributed by atoms with Gasteiger partial charge >= 0.3 is 5.97 Å². The van der Waals surface area contributed by atoms with E-state index in [1.165, 1.54) is 6.92 Å². The van der Waals surface area contributed by atoms with Gasteiger partial charge in [-0.25, -0.2) is 0 Å². The number of halogens is 2. The Morgan fingerprint density at radius 2 is 1.81 bits per heavy atom. The second kappa shape index (κ2) is 7.16. The van der Waals surface area contributed by atoms with E-state index in [2.05, 4.69) is 4.98 Å². The quantitative estimate of drug-likeness (QED) is 0.501. The number of carbonyl (C=O) groups is 1. The van der Waals surface area contributed by atoms with Crippen molar-refractivity contribution in [2.75, 3.05) is 0 Å². The summed E-state index contributed by atoms with van der Waals surface area (Å²) in [6.45, 7) is 1.38. The summed E-state index contributed by atoms with van der Waals surface area (Å²) in [5, 5.41) is 2.39. The molecule has 2 aromatic carbocycles. The van der Waals surface area contributed by atoms with Crippen LogP contribution in [0.3, 0.4) is 0 Å². The first-order valence-corrected chi connectivity index (χ1v) is 6.97. The van der Waals surface area contributed by atoms with Crippen LogP contribution in [-0.4, -0.2) is 11.0 Å². The first-order chi connectivity index (χ1) is 10.1. The van der Waals surface area contributed by atoms with E-state index in [-0.39, 0.29) is 5.97 Å². The first kappa shape index (κ1) is 15.4. The zero-order valence-corrected chi connectivity index (χ0v) is 12.8. The number of nitrogens with one attached hydrogen (secondary N) is 1. The molecule has 0 spiro atoms. The van der Waals surface area contributed by atoms with Crippen LogP contribution in [-0.2, 0) is 4.79 Å². The van der Waals surface area contributed by atoms with Crippen molar-refractivity contribution in [3.63, 3.8) is 0 Å². The molecular weight excluding hydrogens is 309 g/mol. The Balaban J connectivity index is 0.000000155. The second-order valence-electron chi connectivity index (χ2n) is 4.23. The molecule has 3 rings (SSSR count). The van der Waals surface area contributed by atoms with Gasteiger partial charge in [0.05, 0.1) is 5.02 Å². The van der Waals surface area contributed by atoms with E-state index in [0.29, 0.717) is 15.8 Å². The second-order valence-corrected chi connectivity index (χ2v) is 5.08. The monoisotopic (exact) mass is 321 g/mol. The number of carbonyl (C=O) groups excluding carboxylic acids is 1. The molecule has 0 amide bonds. The molecule has 1 aromatic heterocycles. The number of ether oxygens (including phenoxy) is 1. The van der Waals surface area contributed by atoms with Gasteiger partial charge in [0.15, 0.2) is 0 Å². The fourth-order valence-corrected chi connectivity index (χ4v) is 2.10. The molecule has 0 fully saturated rings. The van der Waals surface area contributed by atoms with E-state index in [0.717, 1.165) is 10.9 Å². The number of benzene rings is 2. The predicted octanol–water partition coefficient (Wildman–Crippen LogP) is 5.09. The van der Waals surface area contributed by atoms with Crippen molar-refractivity contribution < 1.29 is 9.53 Å². The number of fused-ring (bicyclic) bond motifs is 1. The van der Waals surface area contributed by atoms with Crippen LogP contribution in [0, 0.1) is 0 Å². The number of aromatic amines is 1. The largest absolute Gasteiger partial charge is 0.427 e. The number of aromatic nitrogens is 1. The van der Waals surface area contributed by atoms with Crippen molar-refractivity contribution in [3.8, 4) is 5.75 Å². The minimum Gasteiger partial charge on any atom is -0.427 e. The van der Waals surface area contributed by atoms with Crippen LogP contribution in [0.2, 0.25) is 10.0 Å². The van der Waals surface area contributed by atoms with E-state index in [1.807, 2.05) is 36.4 Å². The lowest BCUT2D eigenvalue weighted by Crippen LogP contribution is -2.00. The number of hydrogen-bond acceptors (Lipinski definition) is 2. The van der Waals surface area contributed by atoms with Crippen LogP contribution in [0.1, 0.15) is 6.92 Å². The maximum atomic E-state index is 10.4. The lowest BCUT2D eigenvalue weighted by atomic mass is 10.2. The molecule has 0 aliphatic carbocycles. The van der Waals surface area contributed by atoms with Crippen molar-refractivity contribution in [2.24, 2.45) is 0 Å². The lowest BCUT2D eigenvalue weighted by molar-refractivity contribution is -0.131. The van der Waals surface area contributed by atoms with Crippen molar-refractivity contribution in [2.45, 2.75) is 6.92 Å². The average molecular weight is 322 g/mol. The predicted molar refractivity (Wildman–Crippen MR) is 86.1 cm³/mol. The summed E-state index contributed by atoms with van der Waals surface area (Å²) in [7, 11) is 0. The highest BCUT2D eigenvalue weighted by atomic mass is 35.5. The molecule has 0 saturated heterocycles. The molecule has 0 aliphatic heterocycles. The number of para-hydroxylation sites is 1. The Labute approximate surface area is 132 Å². The fourth-order valence-electron chi connectivity index (χ4n) is 1.71. The Kier molecular flexibility index (Phi) is 5.26. The molecule has 0 unspecified atom stereocenters. The van der Waals surface area contributed by atoms with Gasteiger partial charge in [0.25, 0.3) is 0 Å². The molecule has 3 aromatic rings. The standard InChI is InChI=1S/C8H5Cl2N.C8H8O2/c9-5-1-2-8-6(3-5)7(10)4-11-8;1-7(9)10-8-5-3-2-4-6-8/h1-4,11H;2-6H,1H3. The van der Waals surface area contributed by atoms with Crippen molar-refractivity contribution >= 4 is 40.1 Å². The van der Waals surface area contributed by atoms with Gasteiger partial charge in [0, 0.05) is 29.0 Å². The van der Waals surface area contributed by atoms with E-state index >= 15 is 0 Å². The van der Waals surface area contributed by atoms with E-state index < -0.39 is 0 Å². The Morgan fingerprint density at radius 1 is 1.10 bits per heavy atom. The van der Waals surface area contributed by atoms with Crippen LogP contribution in [0.15, 0.2) is 54.7 Å². The third-order valence-electron chi connectivity index (χ3n) is 2.60. The van der Waals surface area contributed by atoms with Crippen LogP contribution in [0.25, 0.3) is 10.9 Å². The van der Waals surface area contributed by atoms with Crippen LogP contribution < -0.4 is 4.74 Å². The van der Waals surface area contributed by atoms with Gasteiger partial charge < -0.3 is 9.72 Å². The Morgan fingerprint density at radius 3 is 2.48 bits per heavy atom. The smallest absolute Gasteiger partial charge is 0.308 e. The van der Waals surface area contributed by atoms with Crippen LogP contribution in [0.5, 0.6) is 5.75 Å². The summed E-state index contributed by atoms with van der Waals surface area (Å²) in [5.74, 6) is 0.307. The highest BCUT2D eigenvalue weighted by molar-refractivity contribution is 6.36. The van der Waals surface area contributed by atoms with Gasteiger partial charge in [0.1, 0.15) is 5.75 Å². The van der Waals surface area contributed by atoms with Crippen molar-refractivity contribution in [3.05, 3.63) is 64.8 Å². The highest BCUT2D eigenvalue weighted by Crippen LogP contribution is 2.25. The van der Waals surface area contributed by atoms with E-state index in [9.17, 15) is 4.79 Å². The molecule has 21 heavy (non-hydrogen) atoms. The topological polar surface area (TPSA) is 42.1 Å². The Bertz CT molecular complexity index is 738. The maximum Gasteiger partial charge on any atom is 0.308 e. The molecule has 3 nitrogen and oxygen atoms in total. The molecule has 0 saturated carbocycles. The van der Waals surface area contributed by atoms with Gasteiger partial charge in [-0.3, -0.25) is 4.79 Å². The van der Waals surface area contributed by atoms with Crippen LogP contribution in [0.4, 0.5) is 0 Å². The normalized spacial score (nSPS) is 9.86. The zero-order chi connectivity index (χ0) is 15.2. The van der Waals surface area contributed by atoms with Crippen molar-refractivity contribution in [1.29, 1.82) is 0 Å². The van der Waals surface area contributed by atoms with Crippen molar-refractivity contribution in [1.82, 2.24) is 4.98 Å². The molecule has 1 N–H and O–H groups in total. The van der Waals surface area contributed by atoms with Gasteiger partial charge in [-0.05, 0) is 30.3 Å². The maximum absolute atomic E-state index is 10.4. The van der Waals surface area contributed by atoms with Gasteiger partial charge in [0.2, 0.25) is 0 Å². The molecule has 0 bridgehead atoms. The third kappa shape index (κ3) is 4.52. The number of H-pyrrole nitrogens is 1. The molecule has 5 heteroatoms. The van der Waals surface area contributed by atoms with E-state index in [4.69, 9.17) is 27.9 Å². The minimum absolute atomic E-state index is 0.286. The molecule has 1 heterocycles. The van der Waals surface area contributed by atoms with Gasteiger partial charge in [-0.15, -0.1) is 0 Å². The summed E-state index contributed by atoms with van der Waals surface area (Å²) in [4.78, 5) is 13.4. The fraction of sp³-hybridized carbons (Fsp3) is 0.0625. The van der Waals surface area contributed by atoms with Gasteiger partial charge in [-0.1, -0.05) is 41.4 Å². The molecule has 0 atom stereocenters. The van der Waals surface area contributed by atoms with Crippen LogP contribution >= 0.6 is 23.2 Å². The molecule has 108 valence electrons. The van der Waals surface area contributed by atoms with E-state index in [1.54, 1.807) is 18.3 Å². The Hall–Kier alpha value is -1.97. The number of rotatable bonds is 1. The molecular formula is C16H13Cl2NO2. The number of esters is 1.